The van der Waals surface area contributed by atoms with Crippen molar-refractivity contribution in [1.82, 2.24) is 0 Å². The van der Waals surface area contributed by atoms with Crippen LogP contribution in [0.1, 0.15) is 20.3 Å². The predicted molar refractivity (Wildman–Crippen MR) is 49.1 cm³/mol. The number of hydrogen-bond acceptors (Lipinski definition) is 0. The molecule has 2 atom stereocenters. The zero-order valence-corrected chi connectivity index (χ0v) is 7.78. The van der Waals surface area contributed by atoms with Crippen molar-refractivity contribution in [2.75, 3.05) is 0 Å². The Bertz CT molecular complexity index is 300. The molecule has 1 aliphatic carbocycles. The highest BCUT2D eigenvalue weighted by Gasteiger charge is 2.36. The van der Waals surface area contributed by atoms with E-state index in [2.05, 4.69) is 37.1 Å². The Hall–Kier alpha value is -0.490. The van der Waals surface area contributed by atoms with Gasteiger partial charge in [0.25, 0.3) is 0 Å². The Morgan fingerprint density at radius 1 is 1.45 bits per heavy atom. The van der Waals surface area contributed by atoms with E-state index >= 15 is 0 Å². The standard InChI is InChI=1S/C10H11P/c1-8-7-9(2)11(8)10-5-3-4-6-10/h5,8-9H,7H2,1-2H3/t8-,9-/m1/s1. The van der Waals surface area contributed by atoms with Crippen LogP contribution in [0.3, 0.4) is 0 Å². The van der Waals surface area contributed by atoms with E-state index in [-0.39, 0.29) is 7.92 Å². The largest absolute Gasteiger partial charge is 0.0601 e. The fraction of sp³-hybridized carbons (Fsp3) is 0.500. The molecule has 0 saturated carbocycles. The van der Waals surface area contributed by atoms with Crippen LogP contribution in [0.15, 0.2) is 28.6 Å². The molecular weight excluding hydrogens is 151 g/mol. The summed E-state index contributed by atoms with van der Waals surface area (Å²) in [6.07, 6.45) is 3.45. The maximum atomic E-state index is 3.15. The molecule has 0 aromatic carbocycles. The van der Waals surface area contributed by atoms with Crippen molar-refractivity contribution in [2.24, 2.45) is 0 Å². The summed E-state index contributed by atoms with van der Waals surface area (Å²) in [6.45, 7) is 4.68. The topological polar surface area (TPSA) is 0 Å². The minimum atomic E-state index is 0.104. The molecule has 11 heavy (non-hydrogen) atoms. The van der Waals surface area contributed by atoms with E-state index in [1.807, 2.05) is 0 Å². The molecule has 1 aliphatic heterocycles. The summed E-state index contributed by atoms with van der Waals surface area (Å²) in [6, 6.07) is 0. The minimum absolute atomic E-state index is 0.104. The van der Waals surface area contributed by atoms with Crippen LogP contribution in [-0.2, 0) is 0 Å². The first-order chi connectivity index (χ1) is 5.29. The van der Waals surface area contributed by atoms with E-state index < -0.39 is 0 Å². The molecule has 0 radical (unpaired) electrons. The van der Waals surface area contributed by atoms with Crippen molar-refractivity contribution in [2.45, 2.75) is 31.6 Å². The van der Waals surface area contributed by atoms with Crippen molar-refractivity contribution in [3.05, 3.63) is 28.6 Å². The lowest BCUT2D eigenvalue weighted by molar-refractivity contribution is 0.712. The van der Waals surface area contributed by atoms with Gasteiger partial charge in [-0.1, -0.05) is 33.2 Å². The van der Waals surface area contributed by atoms with E-state index in [9.17, 15) is 0 Å². The van der Waals surface area contributed by atoms with E-state index in [4.69, 9.17) is 0 Å². The lowest BCUT2D eigenvalue weighted by Crippen LogP contribution is -2.25. The van der Waals surface area contributed by atoms with Gasteiger partial charge in [-0.25, -0.2) is 0 Å². The summed E-state index contributed by atoms with van der Waals surface area (Å²) in [5.74, 6) is 0. The molecule has 0 spiro atoms. The molecule has 0 aromatic rings. The summed E-state index contributed by atoms with van der Waals surface area (Å²) < 4.78 is 0. The van der Waals surface area contributed by atoms with Crippen LogP contribution in [-0.4, -0.2) is 11.3 Å². The van der Waals surface area contributed by atoms with Gasteiger partial charge < -0.3 is 0 Å². The Morgan fingerprint density at radius 3 is 2.64 bits per heavy atom. The first-order valence-corrected chi connectivity index (χ1v) is 5.52. The highest BCUT2D eigenvalue weighted by molar-refractivity contribution is 7.65. The SMILES string of the molecule is C[C@@H]1C[C@@H](C)P1C1=C=C=C=C1. The summed E-state index contributed by atoms with van der Waals surface area (Å²) in [5, 5.41) is 1.38. The molecule has 1 saturated heterocycles. The molecule has 0 aromatic heterocycles. The van der Waals surface area contributed by atoms with Crippen LogP contribution in [0.25, 0.3) is 0 Å². The lowest BCUT2D eigenvalue weighted by atomic mass is 10.2. The zero-order valence-electron chi connectivity index (χ0n) is 6.89. The maximum Gasteiger partial charge on any atom is 0.0353 e. The van der Waals surface area contributed by atoms with Gasteiger partial charge in [0.05, 0.1) is 0 Å². The second kappa shape index (κ2) is 2.53. The molecule has 0 bridgehead atoms. The molecule has 1 fully saturated rings. The summed E-state index contributed by atoms with van der Waals surface area (Å²) in [7, 11) is 0.104. The van der Waals surface area contributed by atoms with Gasteiger partial charge in [-0.15, -0.1) is 0 Å². The molecule has 0 unspecified atom stereocenters. The number of allylic oxidation sites excluding steroid dienone is 2. The van der Waals surface area contributed by atoms with E-state index in [0.29, 0.717) is 0 Å². The molecule has 56 valence electrons. The van der Waals surface area contributed by atoms with Crippen LogP contribution >= 0.6 is 7.92 Å². The second-order valence-electron chi connectivity index (χ2n) is 3.26. The monoisotopic (exact) mass is 162 g/mol. The first kappa shape index (κ1) is 7.17. The number of hydrogen-bond donors (Lipinski definition) is 0. The predicted octanol–water partition coefficient (Wildman–Crippen LogP) is 3.01. The summed E-state index contributed by atoms with van der Waals surface area (Å²) >= 11 is 0. The molecule has 0 N–H and O–H groups in total. The molecule has 0 amide bonds. The average Bonchev–Trinajstić information content (AvgIpc) is 2.39. The molecule has 1 heteroatoms. The summed E-state index contributed by atoms with van der Waals surface area (Å²) in [5.41, 5.74) is 10.8. The highest BCUT2D eigenvalue weighted by Crippen LogP contribution is 2.64. The Balaban J connectivity index is 2.18. The van der Waals surface area contributed by atoms with Crippen LogP contribution in [0.5, 0.6) is 0 Å². The highest BCUT2D eigenvalue weighted by atomic mass is 31.1. The first-order valence-electron chi connectivity index (χ1n) is 4.04. The van der Waals surface area contributed by atoms with Gasteiger partial charge in [0.2, 0.25) is 0 Å². The van der Waals surface area contributed by atoms with Gasteiger partial charge in [-0.05, 0) is 23.5 Å². The van der Waals surface area contributed by atoms with Crippen LogP contribution in [0, 0.1) is 0 Å². The molecular formula is C10H11P. The van der Waals surface area contributed by atoms with E-state index in [0.717, 1.165) is 11.3 Å². The molecule has 1 heterocycles. The number of rotatable bonds is 1. The van der Waals surface area contributed by atoms with Crippen LogP contribution in [0.4, 0.5) is 0 Å². The fourth-order valence-electron chi connectivity index (χ4n) is 1.87. The average molecular weight is 162 g/mol. The van der Waals surface area contributed by atoms with Gasteiger partial charge >= 0.3 is 0 Å². The lowest BCUT2D eigenvalue weighted by Gasteiger charge is -2.41. The van der Waals surface area contributed by atoms with Crippen LogP contribution in [0.2, 0.25) is 0 Å². The van der Waals surface area contributed by atoms with Gasteiger partial charge in [0.1, 0.15) is 0 Å². The molecule has 2 aliphatic rings. The summed E-state index contributed by atoms with van der Waals surface area (Å²) in [4.78, 5) is 0. The van der Waals surface area contributed by atoms with Crippen LogP contribution < -0.4 is 0 Å². The quantitative estimate of drug-likeness (QED) is 0.410. The second-order valence-corrected chi connectivity index (χ2v) is 6.32. The molecule has 0 nitrogen and oxygen atoms in total. The van der Waals surface area contributed by atoms with Crippen molar-refractivity contribution in [3.63, 3.8) is 0 Å². The zero-order chi connectivity index (χ0) is 7.84. The van der Waals surface area contributed by atoms with E-state index in [1.54, 1.807) is 0 Å². The van der Waals surface area contributed by atoms with Gasteiger partial charge in [-0.2, -0.15) is 0 Å². The van der Waals surface area contributed by atoms with Gasteiger partial charge in [0.15, 0.2) is 0 Å². The third kappa shape index (κ3) is 1.06. The van der Waals surface area contributed by atoms with Crippen molar-refractivity contribution >= 4 is 7.92 Å². The third-order valence-electron chi connectivity index (χ3n) is 2.38. The Morgan fingerprint density at radius 2 is 2.18 bits per heavy atom. The van der Waals surface area contributed by atoms with Crippen molar-refractivity contribution < 1.29 is 0 Å². The maximum absolute atomic E-state index is 3.15. The Labute approximate surface area is 68.8 Å². The fourth-order valence-corrected chi connectivity index (χ4v) is 4.78. The van der Waals surface area contributed by atoms with E-state index in [1.165, 1.54) is 11.7 Å². The van der Waals surface area contributed by atoms with Crippen molar-refractivity contribution in [3.8, 4) is 0 Å². The Kier molecular flexibility index (Phi) is 1.65. The van der Waals surface area contributed by atoms with Crippen molar-refractivity contribution in [1.29, 1.82) is 0 Å². The minimum Gasteiger partial charge on any atom is -0.0601 e. The van der Waals surface area contributed by atoms with Gasteiger partial charge in [0, 0.05) is 11.4 Å². The third-order valence-corrected chi connectivity index (χ3v) is 5.50. The smallest absolute Gasteiger partial charge is 0.0353 e. The van der Waals surface area contributed by atoms with Gasteiger partial charge in [-0.3, -0.25) is 0 Å². The molecule has 2 rings (SSSR count). The normalized spacial score (nSPS) is 34.2.